The van der Waals surface area contributed by atoms with E-state index < -0.39 is 0 Å². The van der Waals surface area contributed by atoms with E-state index in [1.54, 1.807) is 0 Å². The smallest absolute Gasteiger partial charge is 0.227 e. The lowest BCUT2D eigenvalue weighted by Crippen LogP contribution is -2.43. The highest BCUT2D eigenvalue weighted by molar-refractivity contribution is 5.87. The fourth-order valence-electron chi connectivity index (χ4n) is 1.72. The van der Waals surface area contributed by atoms with Gasteiger partial charge < -0.3 is 16.4 Å². The average Bonchev–Trinajstić information content (AvgIpc) is 2.87. The molecule has 0 aromatic heterocycles. The number of hydrogen-bond acceptors (Lipinski definition) is 3. The van der Waals surface area contributed by atoms with Crippen LogP contribution in [0.5, 0.6) is 0 Å². The Morgan fingerprint density at radius 1 is 1.64 bits per heavy atom. The number of nitrogens with two attached hydrogens (primary N) is 1. The van der Waals surface area contributed by atoms with Crippen LogP contribution in [0.4, 0.5) is 0 Å². The largest absolute Gasteiger partial charge is 0.354 e. The molecule has 14 heavy (non-hydrogen) atoms. The Bertz CT molecular complexity index is 273. The predicted octanol–water partition coefficient (Wildman–Crippen LogP) is -1.27. The molecule has 2 aliphatic rings. The van der Waals surface area contributed by atoms with Crippen molar-refractivity contribution in [1.82, 2.24) is 10.6 Å². The van der Waals surface area contributed by atoms with Crippen molar-refractivity contribution in [2.24, 2.45) is 11.1 Å². The molecule has 2 fully saturated rings. The van der Waals surface area contributed by atoms with Gasteiger partial charge in [-0.15, -0.1) is 0 Å². The summed E-state index contributed by atoms with van der Waals surface area (Å²) < 4.78 is 0. The molecular weight excluding hydrogens is 182 g/mol. The maximum Gasteiger partial charge on any atom is 0.227 e. The first-order chi connectivity index (χ1) is 6.66. The number of hydrogen-bond donors (Lipinski definition) is 3. The molecule has 1 saturated heterocycles. The second-order valence-corrected chi connectivity index (χ2v) is 4.16. The SMILES string of the molecule is NCC1(C(=O)NC2CNC(=O)C2)CC1. The zero-order valence-corrected chi connectivity index (χ0v) is 8.01. The van der Waals surface area contributed by atoms with Crippen molar-refractivity contribution < 1.29 is 9.59 Å². The molecule has 5 nitrogen and oxygen atoms in total. The lowest BCUT2D eigenvalue weighted by Gasteiger charge is -2.16. The van der Waals surface area contributed by atoms with Crippen LogP contribution in [0.25, 0.3) is 0 Å². The first-order valence-corrected chi connectivity index (χ1v) is 4.94. The van der Waals surface area contributed by atoms with E-state index in [1.165, 1.54) is 0 Å². The standard InChI is InChI=1S/C9H15N3O2/c10-5-9(1-2-9)8(14)12-6-3-7(13)11-4-6/h6H,1-5,10H2,(H,11,13)(H,12,14). The Morgan fingerprint density at radius 2 is 2.36 bits per heavy atom. The molecule has 1 unspecified atom stereocenters. The Kier molecular flexibility index (Phi) is 2.19. The molecule has 2 amide bonds. The van der Waals surface area contributed by atoms with Gasteiger partial charge in [0.1, 0.15) is 0 Å². The third kappa shape index (κ3) is 1.59. The number of rotatable bonds is 3. The van der Waals surface area contributed by atoms with Crippen molar-refractivity contribution in [2.45, 2.75) is 25.3 Å². The minimum absolute atomic E-state index is 0.00731. The van der Waals surface area contributed by atoms with E-state index in [0.717, 1.165) is 12.8 Å². The Balaban J connectivity index is 1.86. The van der Waals surface area contributed by atoms with Gasteiger partial charge in [0.15, 0.2) is 0 Å². The zero-order valence-electron chi connectivity index (χ0n) is 8.01. The first kappa shape index (κ1) is 9.45. The highest BCUT2D eigenvalue weighted by Gasteiger charge is 2.49. The van der Waals surface area contributed by atoms with Gasteiger partial charge in [0, 0.05) is 19.5 Å². The predicted molar refractivity (Wildman–Crippen MR) is 50.3 cm³/mol. The van der Waals surface area contributed by atoms with Gasteiger partial charge >= 0.3 is 0 Å². The van der Waals surface area contributed by atoms with Crippen molar-refractivity contribution in [1.29, 1.82) is 0 Å². The quantitative estimate of drug-likeness (QED) is 0.527. The summed E-state index contributed by atoms with van der Waals surface area (Å²) in [6.45, 7) is 0.957. The van der Waals surface area contributed by atoms with Gasteiger partial charge in [0.2, 0.25) is 11.8 Å². The maximum absolute atomic E-state index is 11.7. The van der Waals surface area contributed by atoms with Crippen molar-refractivity contribution in [3.05, 3.63) is 0 Å². The summed E-state index contributed by atoms with van der Waals surface area (Å²) in [5, 5.41) is 5.54. The molecule has 0 aromatic rings. The Morgan fingerprint density at radius 3 is 2.79 bits per heavy atom. The summed E-state index contributed by atoms with van der Waals surface area (Å²) in [6, 6.07) is -0.0426. The van der Waals surface area contributed by atoms with E-state index in [9.17, 15) is 9.59 Å². The van der Waals surface area contributed by atoms with Crippen LogP contribution in [0.2, 0.25) is 0 Å². The van der Waals surface area contributed by atoms with Crippen molar-refractivity contribution in [3.8, 4) is 0 Å². The number of carbonyl (C=O) groups is 2. The van der Waals surface area contributed by atoms with Crippen LogP contribution in [0.15, 0.2) is 0 Å². The van der Waals surface area contributed by atoms with Crippen molar-refractivity contribution in [3.63, 3.8) is 0 Å². The molecule has 1 aliphatic heterocycles. The molecule has 0 aromatic carbocycles. The maximum atomic E-state index is 11.7. The van der Waals surface area contributed by atoms with E-state index in [4.69, 9.17) is 5.73 Å². The number of nitrogens with one attached hydrogen (secondary N) is 2. The third-order valence-electron chi connectivity index (χ3n) is 3.04. The molecule has 2 rings (SSSR count). The minimum Gasteiger partial charge on any atom is -0.354 e. The Hall–Kier alpha value is -1.10. The summed E-state index contributed by atoms with van der Waals surface area (Å²) in [4.78, 5) is 22.6. The molecule has 0 bridgehead atoms. The number of amides is 2. The van der Waals surface area contributed by atoms with Crippen LogP contribution >= 0.6 is 0 Å². The zero-order chi connectivity index (χ0) is 10.2. The number of carbonyl (C=O) groups excluding carboxylic acids is 2. The van der Waals surface area contributed by atoms with Gasteiger partial charge in [0.05, 0.1) is 11.5 Å². The first-order valence-electron chi connectivity index (χ1n) is 4.94. The van der Waals surface area contributed by atoms with Gasteiger partial charge in [0.25, 0.3) is 0 Å². The molecule has 4 N–H and O–H groups in total. The van der Waals surface area contributed by atoms with Crippen LogP contribution in [0.1, 0.15) is 19.3 Å². The highest BCUT2D eigenvalue weighted by atomic mass is 16.2. The van der Waals surface area contributed by atoms with E-state index in [1.807, 2.05) is 0 Å². The monoisotopic (exact) mass is 197 g/mol. The highest BCUT2D eigenvalue weighted by Crippen LogP contribution is 2.44. The summed E-state index contributed by atoms with van der Waals surface area (Å²) in [5.74, 6) is 0.0226. The molecule has 1 heterocycles. The molecule has 1 saturated carbocycles. The van der Waals surface area contributed by atoms with Gasteiger partial charge in [-0.3, -0.25) is 9.59 Å². The second-order valence-electron chi connectivity index (χ2n) is 4.16. The fraction of sp³-hybridized carbons (Fsp3) is 0.778. The van der Waals surface area contributed by atoms with E-state index in [2.05, 4.69) is 10.6 Å². The molecule has 0 spiro atoms. The lowest BCUT2D eigenvalue weighted by atomic mass is 10.1. The van der Waals surface area contributed by atoms with Crippen molar-refractivity contribution in [2.75, 3.05) is 13.1 Å². The normalized spacial score (nSPS) is 28.4. The Labute approximate surface area is 82.4 Å². The van der Waals surface area contributed by atoms with Crippen LogP contribution in [0, 0.1) is 5.41 Å². The molecule has 0 radical (unpaired) electrons. The van der Waals surface area contributed by atoms with E-state index >= 15 is 0 Å². The lowest BCUT2D eigenvalue weighted by molar-refractivity contribution is -0.126. The summed E-state index contributed by atoms with van der Waals surface area (Å²) in [6.07, 6.45) is 2.15. The van der Waals surface area contributed by atoms with Crippen LogP contribution in [-0.4, -0.2) is 30.9 Å². The summed E-state index contributed by atoms with van der Waals surface area (Å²) >= 11 is 0. The topological polar surface area (TPSA) is 84.2 Å². The molecular formula is C9H15N3O2. The van der Waals surface area contributed by atoms with Crippen LogP contribution < -0.4 is 16.4 Å². The van der Waals surface area contributed by atoms with Crippen LogP contribution in [-0.2, 0) is 9.59 Å². The third-order valence-corrected chi connectivity index (χ3v) is 3.04. The summed E-state index contributed by atoms with van der Waals surface area (Å²) in [7, 11) is 0. The fourth-order valence-corrected chi connectivity index (χ4v) is 1.72. The minimum atomic E-state index is -0.314. The van der Waals surface area contributed by atoms with Crippen molar-refractivity contribution >= 4 is 11.8 Å². The summed E-state index contributed by atoms with van der Waals surface area (Å²) in [5.41, 5.74) is 5.21. The van der Waals surface area contributed by atoms with Crippen LogP contribution in [0.3, 0.4) is 0 Å². The second kappa shape index (κ2) is 3.24. The molecule has 78 valence electrons. The van der Waals surface area contributed by atoms with Gasteiger partial charge in [-0.05, 0) is 12.8 Å². The average molecular weight is 197 g/mol. The van der Waals surface area contributed by atoms with E-state index in [-0.39, 0.29) is 23.3 Å². The van der Waals surface area contributed by atoms with E-state index in [0.29, 0.717) is 19.5 Å². The molecule has 1 atom stereocenters. The molecule has 5 heteroatoms. The van der Waals surface area contributed by atoms with Gasteiger partial charge in [-0.2, -0.15) is 0 Å². The van der Waals surface area contributed by atoms with Gasteiger partial charge in [-0.25, -0.2) is 0 Å². The van der Waals surface area contributed by atoms with Gasteiger partial charge in [-0.1, -0.05) is 0 Å². The molecule has 1 aliphatic carbocycles.